The number of ether oxygens (including phenoxy) is 3. The first-order valence-corrected chi connectivity index (χ1v) is 24.8. The third-order valence-corrected chi connectivity index (χ3v) is 10.9. The molecule has 0 fully saturated rings. The summed E-state index contributed by atoms with van der Waals surface area (Å²) in [4.78, 5) is 15.0. The SMILES string of the molecule is CCCCCCCCC=CCCCCCCCCOCC(CNC(=O)OCCN(CCCC)CCCC)OCCCCCCCCC=CCCCCCCCC. The number of hydrogen-bond acceptors (Lipinski definition) is 5. The molecule has 0 rings (SSSR count). The van der Waals surface area contributed by atoms with Gasteiger partial charge >= 0.3 is 6.09 Å². The average Bonchev–Trinajstić information content (AvgIpc) is 3.21. The summed E-state index contributed by atoms with van der Waals surface area (Å²) in [6.45, 7) is 14.8. The Bertz CT molecular complexity index is 811. The molecule has 0 aromatic rings. The van der Waals surface area contributed by atoms with Crippen LogP contribution in [0, 0.1) is 0 Å². The van der Waals surface area contributed by atoms with Crippen molar-refractivity contribution in [1.82, 2.24) is 10.2 Å². The van der Waals surface area contributed by atoms with Crippen LogP contribution in [-0.4, -0.2) is 69.7 Å². The fourth-order valence-electron chi connectivity index (χ4n) is 7.05. The minimum absolute atomic E-state index is 0.148. The van der Waals surface area contributed by atoms with Crippen molar-refractivity contribution in [3.05, 3.63) is 24.3 Å². The molecular formula is C50H98N2O4. The molecule has 0 aliphatic rings. The number of allylic oxidation sites excluding steroid dienone is 4. The average molecular weight is 791 g/mol. The van der Waals surface area contributed by atoms with Gasteiger partial charge in [0.15, 0.2) is 0 Å². The molecule has 0 saturated carbocycles. The van der Waals surface area contributed by atoms with Gasteiger partial charge in [-0.1, -0.05) is 180 Å². The molecule has 0 heterocycles. The summed E-state index contributed by atoms with van der Waals surface area (Å²) in [6, 6.07) is 0. The van der Waals surface area contributed by atoms with Crippen LogP contribution in [0.25, 0.3) is 0 Å². The summed E-state index contributed by atoms with van der Waals surface area (Å²) in [5.41, 5.74) is 0. The lowest BCUT2D eigenvalue weighted by Gasteiger charge is -2.22. The molecule has 1 atom stereocenters. The molecule has 6 nitrogen and oxygen atoms in total. The lowest BCUT2D eigenvalue weighted by molar-refractivity contribution is -0.0176. The first-order valence-electron chi connectivity index (χ1n) is 24.8. The predicted octanol–water partition coefficient (Wildman–Crippen LogP) is 15.1. The Hall–Kier alpha value is -1.37. The van der Waals surface area contributed by atoms with E-state index in [4.69, 9.17) is 14.2 Å². The van der Waals surface area contributed by atoms with Crippen LogP contribution in [0.4, 0.5) is 4.79 Å². The van der Waals surface area contributed by atoms with E-state index >= 15 is 0 Å². The highest BCUT2D eigenvalue weighted by Crippen LogP contribution is 2.12. The molecule has 0 spiro atoms. The molecular weight excluding hydrogens is 693 g/mol. The van der Waals surface area contributed by atoms with Gasteiger partial charge in [0.25, 0.3) is 0 Å². The van der Waals surface area contributed by atoms with Crippen molar-refractivity contribution in [2.75, 3.05) is 52.6 Å². The van der Waals surface area contributed by atoms with Gasteiger partial charge in [0.1, 0.15) is 6.61 Å². The second-order valence-corrected chi connectivity index (χ2v) is 16.5. The van der Waals surface area contributed by atoms with Crippen LogP contribution in [0.3, 0.4) is 0 Å². The van der Waals surface area contributed by atoms with E-state index < -0.39 is 0 Å². The maximum Gasteiger partial charge on any atom is 0.407 e. The zero-order valence-electron chi connectivity index (χ0n) is 38.3. The minimum Gasteiger partial charge on any atom is -0.448 e. The highest BCUT2D eigenvalue weighted by atomic mass is 16.6. The number of nitrogens with one attached hydrogen (secondary N) is 1. The van der Waals surface area contributed by atoms with Crippen LogP contribution < -0.4 is 5.32 Å². The van der Waals surface area contributed by atoms with Crippen LogP contribution in [0.2, 0.25) is 0 Å². The molecule has 332 valence electrons. The Morgan fingerprint density at radius 2 is 0.857 bits per heavy atom. The van der Waals surface area contributed by atoms with Crippen LogP contribution in [-0.2, 0) is 14.2 Å². The van der Waals surface area contributed by atoms with Crippen molar-refractivity contribution in [2.45, 2.75) is 239 Å². The lowest BCUT2D eigenvalue weighted by Crippen LogP contribution is -2.38. The van der Waals surface area contributed by atoms with E-state index in [1.807, 2.05) is 0 Å². The molecule has 0 bridgehead atoms. The van der Waals surface area contributed by atoms with Crippen LogP contribution in [0.1, 0.15) is 233 Å². The molecule has 0 saturated heterocycles. The molecule has 1 unspecified atom stereocenters. The molecule has 1 N–H and O–H groups in total. The van der Waals surface area contributed by atoms with Gasteiger partial charge in [-0.3, -0.25) is 4.90 Å². The van der Waals surface area contributed by atoms with E-state index in [1.54, 1.807) is 0 Å². The third kappa shape index (κ3) is 43.7. The van der Waals surface area contributed by atoms with Crippen molar-refractivity contribution in [3.63, 3.8) is 0 Å². The molecule has 0 radical (unpaired) electrons. The van der Waals surface area contributed by atoms with Gasteiger partial charge < -0.3 is 19.5 Å². The third-order valence-electron chi connectivity index (χ3n) is 10.9. The summed E-state index contributed by atoms with van der Waals surface area (Å²) in [5, 5.41) is 2.96. The summed E-state index contributed by atoms with van der Waals surface area (Å²) in [7, 11) is 0. The molecule has 1 amide bonds. The molecule has 0 aliphatic heterocycles. The Morgan fingerprint density at radius 1 is 0.464 bits per heavy atom. The zero-order valence-corrected chi connectivity index (χ0v) is 38.3. The Kier molecular flexibility index (Phi) is 46.8. The maximum absolute atomic E-state index is 12.6. The Morgan fingerprint density at radius 3 is 1.30 bits per heavy atom. The van der Waals surface area contributed by atoms with E-state index in [9.17, 15) is 4.79 Å². The van der Waals surface area contributed by atoms with Gasteiger partial charge in [-0.05, 0) is 90.1 Å². The Balaban J connectivity index is 4.24. The number of hydrogen-bond donors (Lipinski definition) is 1. The predicted molar refractivity (Wildman–Crippen MR) is 245 cm³/mol. The first kappa shape index (κ1) is 54.6. The van der Waals surface area contributed by atoms with Crippen molar-refractivity contribution in [2.24, 2.45) is 0 Å². The number of nitrogens with zero attached hydrogens (tertiary/aromatic N) is 1. The summed E-state index contributed by atoms with van der Waals surface area (Å²) in [6.07, 6.45) is 50.4. The maximum atomic E-state index is 12.6. The largest absolute Gasteiger partial charge is 0.448 e. The minimum atomic E-state index is -0.352. The smallest absolute Gasteiger partial charge is 0.407 e. The zero-order chi connectivity index (χ0) is 40.7. The summed E-state index contributed by atoms with van der Waals surface area (Å²) in [5.74, 6) is 0. The van der Waals surface area contributed by atoms with Gasteiger partial charge in [0, 0.05) is 26.3 Å². The topological polar surface area (TPSA) is 60.0 Å². The fourth-order valence-corrected chi connectivity index (χ4v) is 7.05. The van der Waals surface area contributed by atoms with Crippen molar-refractivity contribution in [1.29, 1.82) is 0 Å². The van der Waals surface area contributed by atoms with Crippen molar-refractivity contribution < 1.29 is 19.0 Å². The van der Waals surface area contributed by atoms with E-state index in [0.29, 0.717) is 26.4 Å². The Labute approximate surface area is 350 Å². The van der Waals surface area contributed by atoms with Crippen LogP contribution >= 0.6 is 0 Å². The highest BCUT2D eigenvalue weighted by molar-refractivity contribution is 5.67. The number of amides is 1. The molecule has 56 heavy (non-hydrogen) atoms. The summed E-state index contributed by atoms with van der Waals surface area (Å²) < 4.78 is 17.9. The summed E-state index contributed by atoms with van der Waals surface area (Å²) >= 11 is 0. The number of alkyl carbamates (subject to hydrolysis) is 1. The molecule has 0 aromatic carbocycles. The van der Waals surface area contributed by atoms with Crippen molar-refractivity contribution in [3.8, 4) is 0 Å². The molecule has 0 aromatic heterocycles. The van der Waals surface area contributed by atoms with E-state index in [0.717, 1.165) is 39.1 Å². The molecule has 0 aliphatic carbocycles. The number of rotatable bonds is 46. The van der Waals surface area contributed by atoms with Gasteiger partial charge in [0.05, 0.1) is 12.7 Å². The van der Waals surface area contributed by atoms with Crippen molar-refractivity contribution >= 4 is 6.09 Å². The quantitative estimate of drug-likeness (QED) is 0.0491. The monoisotopic (exact) mass is 791 g/mol. The standard InChI is InChI=1S/C50H98N2O4/c1-5-9-13-15-17-19-21-23-25-27-29-31-33-35-37-39-44-54-48-49(47-51-50(53)56-46-43-52(41-11-7-3)42-12-8-4)55-45-40-38-36-34-32-30-28-26-24-22-20-18-16-14-10-6-2/h23-26,49H,5-22,27-48H2,1-4H3,(H,51,53). The second-order valence-electron chi connectivity index (χ2n) is 16.5. The van der Waals surface area contributed by atoms with Gasteiger partial charge in [-0.2, -0.15) is 0 Å². The highest BCUT2D eigenvalue weighted by Gasteiger charge is 2.13. The van der Waals surface area contributed by atoms with Crippen LogP contribution in [0.15, 0.2) is 24.3 Å². The lowest BCUT2D eigenvalue weighted by atomic mass is 10.1. The van der Waals surface area contributed by atoms with E-state index in [-0.39, 0.29) is 12.2 Å². The van der Waals surface area contributed by atoms with Gasteiger partial charge in [-0.15, -0.1) is 0 Å². The van der Waals surface area contributed by atoms with E-state index in [1.165, 1.54) is 193 Å². The van der Waals surface area contributed by atoms with E-state index in [2.05, 4.69) is 62.2 Å². The molecule has 6 heteroatoms. The fraction of sp³-hybridized carbons (Fsp3) is 0.900. The van der Waals surface area contributed by atoms with Crippen LogP contribution in [0.5, 0.6) is 0 Å². The van der Waals surface area contributed by atoms with Gasteiger partial charge in [-0.25, -0.2) is 4.79 Å². The second kappa shape index (κ2) is 48.0. The number of unbranched alkanes of at least 4 members (excludes halogenated alkanes) is 26. The van der Waals surface area contributed by atoms with Gasteiger partial charge in [0.2, 0.25) is 0 Å². The first-order chi connectivity index (χ1) is 27.7. The number of carbonyl (C=O) groups excluding carboxylic acids is 1. The normalized spacial score (nSPS) is 12.4. The number of carbonyl (C=O) groups is 1.